The molecule has 3 rings (SSSR count). The van der Waals surface area contributed by atoms with Crippen LogP contribution in [0.2, 0.25) is 0 Å². The van der Waals surface area contributed by atoms with Crippen LogP contribution in [-0.4, -0.2) is 18.3 Å². The second-order valence-electron chi connectivity index (χ2n) is 4.78. The Balaban J connectivity index is 1.92. The van der Waals surface area contributed by atoms with E-state index in [1.165, 1.54) is 12.3 Å². The molecule has 0 saturated carbocycles. The molecule has 1 aromatic carbocycles. The molecule has 0 radical (unpaired) electrons. The summed E-state index contributed by atoms with van der Waals surface area (Å²) in [5, 5.41) is 0. The molecular formula is C16H13NO5. The molecule has 0 unspecified atom stereocenters. The van der Waals surface area contributed by atoms with Crippen LogP contribution in [0.4, 0.5) is 0 Å². The van der Waals surface area contributed by atoms with Crippen molar-refractivity contribution in [3.05, 3.63) is 53.2 Å². The second kappa shape index (κ2) is 5.40. The fourth-order valence-electron chi connectivity index (χ4n) is 2.18. The number of ketones is 1. The molecule has 0 saturated heterocycles. The van der Waals surface area contributed by atoms with Crippen LogP contribution in [-0.2, 0) is 4.79 Å². The Bertz CT molecular complexity index is 774. The lowest BCUT2D eigenvalue weighted by Crippen LogP contribution is -2.20. The van der Waals surface area contributed by atoms with Crippen LogP contribution in [0.3, 0.4) is 0 Å². The molecule has 112 valence electrons. The Kier molecular flexibility index (Phi) is 3.42. The van der Waals surface area contributed by atoms with Gasteiger partial charge >= 0.3 is 0 Å². The number of furan rings is 1. The van der Waals surface area contributed by atoms with Crippen molar-refractivity contribution in [2.45, 2.75) is 6.92 Å². The van der Waals surface area contributed by atoms with Gasteiger partial charge in [-0.15, -0.1) is 0 Å². The Hall–Kier alpha value is -3.02. The Morgan fingerprint density at radius 2 is 2.18 bits per heavy atom. The Morgan fingerprint density at radius 3 is 2.86 bits per heavy atom. The molecule has 1 aliphatic rings. The third-order valence-electron chi connectivity index (χ3n) is 3.22. The van der Waals surface area contributed by atoms with E-state index in [4.69, 9.17) is 19.6 Å². The number of hydrogen-bond acceptors (Lipinski definition) is 5. The quantitative estimate of drug-likeness (QED) is 0.872. The summed E-state index contributed by atoms with van der Waals surface area (Å²) in [4.78, 5) is 23.1. The summed E-state index contributed by atoms with van der Waals surface area (Å²) in [5.74, 6) is 0.778. The fraction of sp³-hybridized carbons (Fsp3) is 0.125. The number of allylic oxidation sites excluding steroid dienone is 1. The minimum Gasteiger partial charge on any atom is -0.483 e. The minimum absolute atomic E-state index is 0.181. The zero-order valence-corrected chi connectivity index (χ0v) is 11.8. The maximum atomic E-state index is 12.3. The number of amides is 1. The molecule has 1 aromatic heterocycles. The number of nitrogens with two attached hydrogens (primary N) is 1. The van der Waals surface area contributed by atoms with Gasteiger partial charge in [-0.05, 0) is 31.2 Å². The van der Waals surface area contributed by atoms with Crippen molar-refractivity contribution in [1.82, 2.24) is 0 Å². The summed E-state index contributed by atoms with van der Waals surface area (Å²) in [6, 6.07) is 6.67. The van der Waals surface area contributed by atoms with Gasteiger partial charge in [0.2, 0.25) is 5.78 Å². The van der Waals surface area contributed by atoms with Crippen LogP contribution in [0.1, 0.15) is 21.7 Å². The maximum Gasteiger partial charge on any atom is 0.255 e. The molecule has 0 fully saturated rings. The SMILES string of the molecule is Cc1c(OCC(N)=O)ccc2c1O/C(=C/c1ccco1)C2=O. The van der Waals surface area contributed by atoms with Crippen LogP contribution < -0.4 is 15.2 Å². The number of carbonyl (C=O) groups is 2. The first-order valence-electron chi connectivity index (χ1n) is 6.58. The molecule has 0 bridgehead atoms. The van der Waals surface area contributed by atoms with E-state index in [2.05, 4.69) is 0 Å². The molecule has 2 aromatic rings. The molecule has 6 nitrogen and oxygen atoms in total. The van der Waals surface area contributed by atoms with E-state index < -0.39 is 5.91 Å². The third-order valence-corrected chi connectivity index (χ3v) is 3.22. The molecule has 6 heteroatoms. The minimum atomic E-state index is -0.574. The third kappa shape index (κ3) is 2.46. The van der Waals surface area contributed by atoms with Crippen LogP contribution in [0.25, 0.3) is 6.08 Å². The van der Waals surface area contributed by atoms with Gasteiger partial charge in [0.05, 0.1) is 11.8 Å². The highest BCUT2D eigenvalue weighted by Gasteiger charge is 2.30. The van der Waals surface area contributed by atoms with Crippen molar-refractivity contribution >= 4 is 17.8 Å². The average Bonchev–Trinajstić information content (AvgIpc) is 3.09. The van der Waals surface area contributed by atoms with Gasteiger partial charge in [0.15, 0.2) is 12.4 Å². The van der Waals surface area contributed by atoms with E-state index in [9.17, 15) is 9.59 Å². The van der Waals surface area contributed by atoms with Crippen molar-refractivity contribution in [2.24, 2.45) is 5.73 Å². The molecule has 0 aliphatic carbocycles. The van der Waals surface area contributed by atoms with Gasteiger partial charge in [-0.3, -0.25) is 9.59 Å². The van der Waals surface area contributed by atoms with Crippen molar-refractivity contribution < 1.29 is 23.5 Å². The Labute approximate surface area is 126 Å². The van der Waals surface area contributed by atoms with E-state index >= 15 is 0 Å². The van der Waals surface area contributed by atoms with Crippen LogP contribution in [0, 0.1) is 6.92 Å². The highest BCUT2D eigenvalue weighted by Crippen LogP contribution is 2.39. The van der Waals surface area contributed by atoms with Crippen molar-refractivity contribution in [3.8, 4) is 11.5 Å². The summed E-state index contributed by atoms with van der Waals surface area (Å²) in [5.41, 5.74) is 6.13. The van der Waals surface area contributed by atoms with Gasteiger partial charge in [-0.2, -0.15) is 0 Å². The first-order valence-corrected chi connectivity index (χ1v) is 6.58. The normalized spacial score (nSPS) is 14.8. The maximum absolute atomic E-state index is 12.3. The Morgan fingerprint density at radius 1 is 1.36 bits per heavy atom. The van der Waals surface area contributed by atoms with E-state index in [1.807, 2.05) is 0 Å². The van der Waals surface area contributed by atoms with Gasteiger partial charge in [0.25, 0.3) is 5.91 Å². The number of fused-ring (bicyclic) bond motifs is 1. The van der Waals surface area contributed by atoms with Gasteiger partial charge < -0.3 is 19.6 Å². The summed E-state index contributed by atoms with van der Waals surface area (Å²) in [6.07, 6.45) is 3.05. The summed E-state index contributed by atoms with van der Waals surface area (Å²) < 4.78 is 16.1. The highest BCUT2D eigenvalue weighted by atomic mass is 16.5. The number of Topliss-reactive ketones (excluding diaryl/α,β-unsaturated/α-hetero) is 1. The van der Waals surface area contributed by atoms with Crippen LogP contribution in [0.5, 0.6) is 11.5 Å². The van der Waals surface area contributed by atoms with Crippen LogP contribution >= 0.6 is 0 Å². The number of hydrogen-bond donors (Lipinski definition) is 1. The monoisotopic (exact) mass is 299 g/mol. The van der Waals surface area contributed by atoms with Crippen molar-refractivity contribution in [1.29, 1.82) is 0 Å². The first-order chi connectivity index (χ1) is 10.6. The molecule has 1 amide bonds. The standard InChI is InChI=1S/C16H13NO5/c1-9-12(21-8-14(17)18)5-4-11-15(19)13(22-16(9)11)7-10-3-2-6-20-10/h2-7H,8H2,1H3,(H2,17,18)/b13-7+. The number of ether oxygens (including phenoxy) is 2. The van der Waals surface area contributed by atoms with Crippen LogP contribution in [0.15, 0.2) is 40.7 Å². The lowest BCUT2D eigenvalue weighted by atomic mass is 10.1. The van der Waals surface area contributed by atoms with Gasteiger partial charge in [0, 0.05) is 11.6 Å². The molecule has 1 aliphatic heterocycles. The number of primary amides is 1. The summed E-state index contributed by atoms with van der Waals surface area (Å²) in [7, 11) is 0. The topological polar surface area (TPSA) is 91.8 Å². The fourth-order valence-corrected chi connectivity index (χ4v) is 2.18. The second-order valence-corrected chi connectivity index (χ2v) is 4.78. The van der Waals surface area contributed by atoms with Gasteiger partial charge in [0.1, 0.15) is 17.3 Å². The highest BCUT2D eigenvalue weighted by molar-refractivity contribution is 6.14. The molecule has 0 spiro atoms. The smallest absolute Gasteiger partial charge is 0.255 e. The summed E-state index contributed by atoms with van der Waals surface area (Å²) in [6.45, 7) is 1.51. The molecule has 2 N–H and O–H groups in total. The lowest BCUT2D eigenvalue weighted by Gasteiger charge is -2.09. The zero-order valence-electron chi connectivity index (χ0n) is 11.8. The number of rotatable bonds is 4. The van der Waals surface area contributed by atoms with Crippen molar-refractivity contribution in [3.63, 3.8) is 0 Å². The van der Waals surface area contributed by atoms with Crippen molar-refractivity contribution in [2.75, 3.05) is 6.61 Å². The first kappa shape index (κ1) is 13.9. The average molecular weight is 299 g/mol. The van der Waals surface area contributed by atoms with E-state index in [0.29, 0.717) is 28.4 Å². The molecular weight excluding hydrogens is 286 g/mol. The zero-order chi connectivity index (χ0) is 15.7. The van der Waals surface area contributed by atoms with E-state index in [0.717, 1.165) is 0 Å². The number of benzene rings is 1. The largest absolute Gasteiger partial charge is 0.483 e. The molecule has 2 heterocycles. The number of carbonyl (C=O) groups excluding carboxylic acids is 2. The molecule has 0 atom stereocenters. The molecule has 22 heavy (non-hydrogen) atoms. The van der Waals surface area contributed by atoms with E-state index in [-0.39, 0.29) is 18.1 Å². The summed E-state index contributed by atoms with van der Waals surface area (Å²) >= 11 is 0. The van der Waals surface area contributed by atoms with Gasteiger partial charge in [-0.1, -0.05) is 0 Å². The lowest BCUT2D eigenvalue weighted by molar-refractivity contribution is -0.119. The van der Waals surface area contributed by atoms with E-state index in [1.54, 1.807) is 31.2 Å². The van der Waals surface area contributed by atoms with Gasteiger partial charge in [-0.25, -0.2) is 0 Å². The predicted octanol–water partition coefficient (Wildman–Crippen LogP) is 2.07. The predicted molar refractivity (Wildman–Crippen MR) is 77.5 cm³/mol.